The number of carboxylic acid groups (broad SMARTS) is 1. The zero-order valence-corrected chi connectivity index (χ0v) is 10.1. The Morgan fingerprint density at radius 3 is 2.41 bits per heavy atom. The SMILES string of the molecule is Cc1cc(C)cc(OCCC(O)CC(=O)O)c1. The molecule has 4 nitrogen and oxygen atoms in total. The number of aliphatic hydroxyl groups is 1. The van der Waals surface area contributed by atoms with Crippen molar-refractivity contribution in [2.24, 2.45) is 0 Å². The summed E-state index contributed by atoms with van der Waals surface area (Å²) in [5.41, 5.74) is 2.23. The van der Waals surface area contributed by atoms with Crippen molar-refractivity contribution >= 4 is 5.97 Å². The van der Waals surface area contributed by atoms with Crippen LogP contribution in [0.1, 0.15) is 24.0 Å². The second-order valence-corrected chi connectivity index (χ2v) is 4.21. The standard InChI is InChI=1S/C13H18O4/c1-9-5-10(2)7-12(6-9)17-4-3-11(14)8-13(15)16/h5-7,11,14H,3-4,8H2,1-2H3,(H,15,16). The Labute approximate surface area is 101 Å². The molecule has 0 saturated heterocycles. The van der Waals surface area contributed by atoms with E-state index in [9.17, 15) is 9.90 Å². The third-order valence-electron chi connectivity index (χ3n) is 2.33. The largest absolute Gasteiger partial charge is 0.493 e. The fraction of sp³-hybridized carbons (Fsp3) is 0.462. The fourth-order valence-corrected chi connectivity index (χ4v) is 1.63. The summed E-state index contributed by atoms with van der Waals surface area (Å²) in [6.07, 6.45) is -0.770. The van der Waals surface area contributed by atoms with Gasteiger partial charge in [0, 0.05) is 6.42 Å². The van der Waals surface area contributed by atoms with Crippen molar-refractivity contribution in [1.82, 2.24) is 0 Å². The highest BCUT2D eigenvalue weighted by Gasteiger charge is 2.09. The van der Waals surface area contributed by atoms with Crippen LogP contribution in [0.3, 0.4) is 0 Å². The van der Waals surface area contributed by atoms with Crippen LogP contribution in [0.2, 0.25) is 0 Å². The molecule has 0 fully saturated rings. The lowest BCUT2D eigenvalue weighted by Gasteiger charge is -2.10. The van der Waals surface area contributed by atoms with E-state index >= 15 is 0 Å². The van der Waals surface area contributed by atoms with Crippen LogP contribution < -0.4 is 4.74 Å². The first-order valence-corrected chi connectivity index (χ1v) is 5.58. The van der Waals surface area contributed by atoms with Gasteiger partial charge in [0.25, 0.3) is 0 Å². The predicted molar refractivity (Wildman–Crippen MR) is 64.3 cm³/mol. The van der Waals surface area contributed by atoms with Gasteiger partial charge in [0.05, 0.1) is 19.1 Å². The Bertz CT molecular complexity index is 367. The zero-order valence-electron chi connectivity index (χ0n) is 10.1. The van der Waals surface area contributed by atoms with E-state index in [1.54, 1.807) is 0 Å². The summed E-state index contributed by atoms with van der Waals surface area (Å²) in [5.74, 6) is -0.242. The van der Waals surface area contributed by atoms with E-state index in [-0.39, 0.29) is 6.42 Å². The Balaban J connectivity index is 2.37. The van der Waals surface area contributed by atoms with Gasteiger partial charge in [-0.3, -0.25) is 4.79 Å². The number of rotatable bonds is 6. The summed E-state index contributed by atoms with van der Waals surface area (Å²) >= 11 is 0. The molecule has 0 aliphatic carbocycles. The third kappa shape index (κ3) is 5.36. The fourth-order valence-electron chi connectivity index (χ4n) is 1.63. The van der Waals surface area contributed by atoms with E-state index in [4.69, 9.17) is 9.84 Å². The Morgan fingerprint density at radius 2 is 1.88 bits per heavy atom. The summed E-state index contributed by atoms with van der Waals surface area (Å²) in [7, 11) is 0. The van der Waals surface area contributed by atoms with Gasteiger partial charge in [0.15, 0.2) is 0 Å². The first-order valence-electron chi connectivity index (χ1n) is 5.58. The van der Waals surface area contributed by atoms with E-state index in [1.807, 2.05) is 32.0 Å². The van der Waals surface area contributed by atoms with Crippen LogP contribution in [-0.2, 0) is 4.79 Å². The molecule has 0 aromatic heterocycles. The number of aliphatic carboxylic acids is 1. The summed E-state index contributed by atoms with van der Waals surface area (Å²) in [5, 5.41) is 17.8. The van der Waals surface area contributed by atoms with E-state index in [1.165, 1.54) is 0 Å². The molecular formula is C13H18O4. The number of hydrogen-bond acceptors (Lipinski definition) is 3. The van der Waals surface area contributed by atoms with Crippen LogP contribution in [0.5, 0.6) is 5.75 Å². The van der Waals surface area contributed by atoms with Crippen LogP contribution in [0.25, 0.3) is 0 Å². The van der Waals surface area contributed by atoms with Gasteiger partial charge >= 0.3 is 5.97 Å². The van der Waals surface area contributed by atoms with Crippen molar-refractivity contribution in [3.8, 4) is 5.75 Å². The quantitative estimate of drug-likeness (QED) is 0.794. The van der Waals surface area contributed by atoms with Gasteiger partial charge in [-0.05, 0) is 37.1 Å². The summed E-state index contributed by atoms with van der Waals surface area (Å²) in [6, 6.07) is 5.87. The number of aryl methyl sites for hydroxylation is 2. The number of ether oxygens (including phenoxy) is 1. The second kappa shape index (κ2) is 6.25. The van der Waals surface area contributed by atoms with Crippen LogP contribution in [0.15, 0.2) is 18.2 Å². The number of benzene rings is 1. The van der Waals surface area contributed by atoms with Gasteiger partial charge in [0.1, 0.15) is 5.75 Å². The number of hydrogen-bond donors (Lipinski definition) is 2. The lowest BCUT2D eigenvalue weighted by atomic mass is 10.1. The summed E-state index contributed by atoms with van der Waals surface area (Å²) in [4.78, 5) is 10.3. The maximum absolute atomic E-state index is 10.3. The van der Waals surface area contributed by atoms with Crippen LogP contribution in [0, 0.1) is 13.8 Å². The van der Waals surface area contributed by atoms with Crippen molar-refractivity contribution in [3.05, 3.63) is 29.3 Å². The highest BCUT2D eigenvalue weighted by atomic mass is 16.5. The molecule has 0 bridgehead atoms. The molecule has 1 aromatic rings. The van der Waals surface area contributed by atoms with Gasteiger partial charge in [-0.25, -0.2) is 0 Å². The van der Waals surface area contributed by atoms with Crippen LogP contribution in [0.4, 0.5) is 0 Å². The highest BCUT2D eigenvalue weighted by molar-refractivity contribution is 5.67. The molecule has 0 spiro atoms. The Hall–Kier alpha value is -1.55. The topological polar surface area (TPSA) is 66.8 Å². The molecule has 0 radical (unpaired) electrons. The minimum atomic E-state index is -0.996. The minimum Gasteiger partial charge on any atom is -0.493 e. The predicted octanol–water partition coefficient (Wildman–Crippen LogP) is 1.91. The number of aliphatic hydroxyl groups excluding tert-OH is 1. The Morgan fingerprint density at radius 1 is 1.29 bits per heavy atom. The molecular weight excluding hydrogens is 220 g/mol. The molecule has 17 heavy (non-hydrogen) atoms. The van der Waals surface area contributed by atoms with Crippen LogP contribution >= 0.6 is 0 Å². The molecule has 4 heteroatoms. The van der Waals surface area contributed by atoms with Gasteiger partial charge in [-0.2, -0.15) is 0 Å². The molecule has 0 heterocycles. The lowest BCUT2D eigenvalue weighted by molar-refractivity contribution is -0.139. The van der Waals surface area contributed by atoms with E-state index in [2.05, 4.69) is 0 Å². The van der Waals surface area contributed by atoms with Gasteiger partial charge in [0.2, 0.25) is 0 Å². The maximum Gasteiger partial charge on any atom is 0.305 e. The molecule has 1 unspecified atom stereocenters. The average molecular weight is 238 g/mol. The van der Waals surface area contributed by atoms with Gasteiger partial charge in [-0.15, -0.1) is 0 Å². The maximum atomic E-state index is 10.3. The van der Waals surface area contributed by atoms with Gasteiger partial charge < -0.3 is 14.9 Å². The van der Waals surface area contributed by atoms with E-state index < -0.39 is 12.1 Å². The molecule has 0 aliphatic heterocycles. The van der Waals surface area contributed by atoms with E-state index in [0.29, 0.717) is 13.0 Å². The average Bonchev–Trinajstić information content (AvgIpc) is 2.14. The lowest BCUT2D eigenvalue weighted by Crippen LogP contribution is -2.16. The summed E-state index contributed by atoms with van der Waals surface area (Å²) in [6.45, 7) is 4.29. The second-order valence-electron chi connectivity index (χ2n) is 4.21. The Kier molecular flexibility index (Phi) is 4.97. The van der Waals surface area contributed by atoms with Gasteiger partial charge in [-0.1, -0.05) is 6.07 Å². The number of carboxylic acids is 1. The molecule has 1 rings (SSSR count). The monoisotopic (exact) mass is 238 g/mol. The van der Waals surface area contributed by atoms with Crippen molar-refractivity contribution in [3.63, 3.8) is 0 Å². The molecule has 1 aromatic carbocycles. The number of carbonyl (C=O) groups is 1. The smallest absolute Gasteiger partial charge is 0.305 e. The van der Waals surface area contributed by atoms with Crippen molar-refractivity contribution in [1.29, 1.82) is 0 Å². The summed E-state index contributed by atoms with van der Waals surface area (Å²) < 4.78 is 5.47. The van der Waals surface area contributed by atoms with Crippen molar-refractivity contribution < 1.29 is 19.7 Å². The van der Waals surface area contributed by atoms with Crippen molar-refractivity contribution in [2.45, 2.75) is 32.8 Å². The molecule has 0 aliphatic rings. The molecule has 1 atom stereocenters. The zero-order chi connectivity index (χ0) is 12.8. The highest BCUT2D eigenvalue weighted by Crippen LogP contribution is 2.16. The first-order chi connectivity index (χ1) is 7.97. The van der Waals surface area contributed by atoms with Crippen molar-refractivity contribution in [2.75, 3.05) is 6.61 Å². The molecule has 94 valence electrons. The first kappa shape index (κ1) is 13.5. The molecule has 0 amide bonds. The molecule has 0 saturated carbocycles. The molecule has 2 N–H and O–H groups in total. The van der Waals surface area contributed by atoms with E-state index in [0.717, 1.165) is 16.9 Å². The third-order valence-corrected chi connectivity index (χ3v) is 2.33. The normalized spacial score (nSPS) is 12.2. The minimum absolute atomic E-state index is 0.240. The van der Waals surface area contributed by atoms with Crippen LogP contribution in [-0.4, -0.2) is 28.9 Å².